The zero-order valence-corrected chi connectivity index (χ0v) is 38.7. The predicted molar refractivity (Wildman–Crippen MR) is 231 cm³/mol. The van der Waals surface area contributed by atoms with Crippen LogP contribution in [0.2, 0.25) is 0 Å². The molecule has 0 radical (unpaired) electrons. The fraction of sp³-hybridized carbons (Fsp3) is 1.00. The van der Waals surface area contributed by atoms with Crippen LogP contribution in [0.1, 0.15) is 204 Å². The smallest absolute Gasteiger partial charge is 0.394 e. The molecular weight excluding hydrogens is 727 g/mol. The first-order chi connectivity index (χ1) is 26.4. The summed E-state index contributed by atoms with van der Waals surface area (Å²) in [5.74, 6) is 6.13. The fourth-order valence-electron chi connectivity index (χ4n) is 8.46. The second-order valence-electron chi connectivity index (χ2n) is 19.5. The maximum Gasteiger partial charge on any atom is 0.474 e. The van der Waals surface area contributed by atoms with E-state index in [2.05, 4.69) is 62.3 Å². The summed E-state index contributed by atoms with van der Waals surface area (Å²) in [5.41, 5.74) is 0. The molecule has 5 N–H and O–H groups in total. The number of hydrogen-bond donors (Lipinski definition) is 5. The van der Waals surface area contributed by atoms with Crippen LogP contribution < -0.4 is 0 Å². The summed E-state index contributed by atoms with van der Waals surface area (Å²) in [4.78, 5) is 10.1. The van der Waals surface area contributed by atoms with E-state index >= 15 is 0 Å². The molecule has 0 bridgehead atoms. The molecule has 1 fully saturated rings. The van der Waals surface area contributed by atoms with Crippen LogP contribution in [-0.4, -0.2) is 69.2 Å². The van der Waals surface area contributed by atoms with Crippen molar-refractivity contribution in [1.29, 1.82) is 0 Å². The van der Waals surface area contributed by atoms with Crippen molar-refractivity contribution in [3.05, 3.63) is 0 Å². The lowest BCUT2D eigenvalue weighted by atomic mass is 9.88. The van der Waals surface area contributed by atoms with Gasteiger partial charge in [-0.05, 0) is 53.8 Å². The molecule has 1 rings (SSSR count). The molecule has 1 aliphatic heterocycles. The van der Waals surface area contributed by atoms with E-state index in [-0.39, 0.29) is 6.61 Å². The van der Waals surface area contributed by atoms with Gasteiger partial charge < -0.3 is 30.1 Å². The molecule has 336 valence electrons. The molecule has 56 heavy (non-hydrogen) atoms. The van der Waals surface area contributed by atoms with Crippen LogP contribution in [0.15, 0.2) is 0 Å². The molecule has 0 saturated carbocycles. The Morgan fingerprint density at radius 3 is 1.09 bits per heavy atom. The minimum atomic E-state index is -4.59. The Morgan fingerprint density at radius 1 is 0.482 bits per heavy atom. The lowest BCUT2D eigenvalue weighted by Crippen LogP contribution is -2.58. The number of phosphoric acid groups is 1. The standard InChI is InChI=1S/C46H93O9P/c1-34(2)17-10-18-35(3)19-11-20-36(4)21-12-22-37(5)23-13-24-38(6)25-14-26-39(7)27-15-28-40(8)29-16-30-41(9)31-32-53-56(51,52)55-46-45(50)44(49)43(48)42(33-47)54-46/h34-50H,10-33H2,1-9H3,(H,51,52)/t35?,36?,37?,38?,39?,40?,41?,42-,43-,44+,45+,46+/m1/s1. The lowest BCUT2D eigenvalue weighted by molar-refractivity contribution is -0.281. The highest BCUT2D eigenvalue weighted by Gasteiger charge is 2.46. The highest BCUT2D eigenvalue weighted by Crippen LogP contribution is 2.46. The van der Waals surface area contributed by atoms with Crippen LogP contribution in [-0.2, 0) is 18.3 Å². The van der Waals surface area contributed by atoms with Gasteiger partial charge >= 0.3 is 7.82 Å². The largest absolute Gasteiger partial charge is 0.474 e. The van der Waals surface area contributed by atoms with Crippen LogP contribution in [0.4, 0.5) is 0 Å². The van der Waals surface area contributed by atoms with Gasteiger partial charge in [0.1, 0.15) is 24.4 Å². The molecule has 1 aliphatic rings. The fourth-order valence-corrected chi connectivity index (χ4v) is 9.29. The van der Waals surface area contributed by atoms with Crippen molar-refractivity contribution in [3.8, 4) is 0 Å². The van der Waals surface area contributed by atoms with Crippen LogP contribution >= 0.6 is 7.82 Å². The number of aliphatic hydroxyl groups is 4. The van der Waals surface area contributed by atoms with Crippen molar-refractivity contribution in [2.75, 3.05) is 13.2 Å². The number of aliphatic hydroxyl groups excluding tert-OH is 4. The molecule has 0 spiro atoms. The highest BCUT2D eigenvalue weighted by atomic mass is 31.2. The zero-order chi connectivity index (χ0) is 42.1. The maximum atomic E-state index is 12.4. The Bertz CT molecular complexity index is 982. The third-order valence-corrected chi connectivity index (χ3v) is 13.8. The second kappa shape index (κ2) is 30.9. The van der Waals surface area contributed by atoms with Crippen molar-refractivity contribution in [3.63, 3.8) is 0 Å². The summed E-state index contributed by atoms with van der Waals surface area (Å²) in [6.07, 6.45) is 20.6. The molecule has 0 amide bonds. The van der Waals surface area contributed by atoms with Crippen LogP contribution in [0.5, 0.6) is 0 Å². The molecule has 13 atom stereocenters. The van der Waals surface area contributed by atoms with Gasteiger partial charge in [-0.2, -0.15) is 0 Å². The zero-order valence-electron chi connectivity index (χ0n) is 37.8. The summed E-state index contributed by atoms with van der Waals surface area (Å²) >= 11 is 0. The average Bonchev–Trinajstić information content (AvgIpc) is 3.11. The van der Waals surface area contributed by atoms with Gasteiger partial charge in [0, 0.05) is 0 Å². The van der Waals surface area contributed by atoms with Gasteiger partial charge in [0.2, 0.25) is 0 Å². The number of phosphoric ester groups is 1. The molecule has 0 aromatic carbocycles. The highest BCUT2D eigenvalue weighted by molar-refractivity contribution is 7.47. The van der Waals surface area contributed by atoms with Crippen molar-refractivity contribution in [2.24, 2.45) is 47.3 Å². The number of rotatable bonds is 35. The van der Waals surface area contributed by atoms with E-state index in [1.165, 1.54) is 122 Å². The normalized spacial score (nSPS) is 25.4. The molecule has 0 aromatic rings. The average molecular weight is 821 g/mol. The maximum absolute atomic E-state index is 12.4. The molecule has 1 saturated heterocycles. The van der Waals surface area contributed by atoms with Crippen molar-refractivity contribution < 1.29 is 43.7 Å². The van der Waals surface area contributed by atoms with Crippen LogP contribution in [0, 0.1) is 47.3 Å². The predicted octanol–water partition coefficient (Wildman–Crippen LogP) is 11.6. The van der Waals surface area contributed by atoms with Gasteiger partial charge in [-0.1, -0.05) is 197 Å². The van der Waals surface area contributed by atoms with Crippen molar-refractivity contribution in [2.45, 2.75) is 234 Å². The Hall–Kier alpha value is -0.0900. The van der Waals surface area contributed by atoms with Gasteiger partial charge in [0.05, 0.1) is 13.2 Å². The van der Waals surface area contributed by atoms with Gasteiger partial charge in [-0.15, -0.1) is 0 Å². The minimum absolute atomic E-state index is 0.00396. The van der Waals surface area contributed by atoms with Crippen molar-refractivity contribution in [1.82, 2.24) is 0 Å². The Labute approximate surface area is 345 Å². The lowest BCUT2D eigenvalue weighted by Gasteiger charge is -2.39. The Balaban J connectivity index is 2.04. The van der Waals surface area contributed by atoms with E-state index in [0.29, 0.717) is 18.3 Å². The molecule has 9 nitrogen and oxygen atoms in total. The third kappa shape index (κ3) is 26.2. The summed E-state index contributed by atoms with van der Waals surface area (Å²) in [5, 5.41) is 39.1. The number of ether oxygens (including phenoxy) is 1. The first kappa shape index (κ1) is 53.9. The second-order valence-corrected chi connectivity index (χ2v) is 20.9. The summed E-state index contributed by atoms with van der Waals surface area (Å²) in [7, 11) is -4.59. The van der Waals surface area contributed by atoms with E-state index in [1.54, 1.807) is 0 Å². The Kier molecular flexibility index (Phi) is 29.7. The van der Waals surface area contributed by atoms with Crippen LogP contribution in [0.25, 0.3) is 0 Å². The van der Waals surface area contributed by atoms with Crippen molar-refractivity contribution >= 4 is 7.82 Å². The topological polar surface area (TPSA) is 146 Å². The quantitative estimate of drug-likeness (QED) is 0.0394. The first-order valence-electron chi connectivity index (χ1n) is 23.4. The molecule has 1 heterocycles. The molecule has 8 unspecified atom stereocenters. The summed E-state index contributed by atoms with van der Waals surface area (Å²) in [6, 6.07) is 0. The Morgan fingerprint density at radius 2 is 0.786 bits per heavy atom. The van der Waals surface area contributed by atoms with E-state index in [0.717, 1.165) is 48.3 Å². The van der Waals surface area contributed by atoms with Gasteiger partial charge in [-0.3, -0.25) is 9.05 Å². The van der Waals surface area contributed by atoms with E-state index in [4.69, 9.17) is 13.8 Å². The first-order valence-corrected chi connectivity index (χ1v) is 24.9. The van der Waals surface area contributed by atoms with Gasteiger partial charge in [0.15, 0.2) is 6.29 Å². The van der Waals surface area contributed by atoms with E-state index < -0.39 is 45.1 Å². The SMILES string of the molecule is CC(C)CCCC(C)CCCC(C)CCCC(C)CCCC(C)CCCC(C)CCCC(C)CCCC(C)CCOP(=O)(O)O[C@@H]1O[C@H](CO)[C@@H](O)[C@H](O)[C@@H]1O. The summed E-state index contributed by atoms with van der Waals surface area (Å²) in [6.45, 7) is 20.8. The number of hydrogen-bond acceptors (Lipinski definition) is 8. The van der Waals surface area contributed by atoms with Gasteiger partial charge in [-0.25, -0.2) is 4.57 Å². The molecule has 0 aliphatic carbocycles. The summed E-state index contributed by atoms with van der Waals surface area (Å²) < 4.78 is 27.5. The van der Waals surface area contributed by atoms with Gasteiger partial charge in [0.25, 0.3) is 0 Å². The minimum Gasteiger partial charge on any atom is -0.394 e. The monoisotopic (exact) mass is 821 g/mol. The molecular formula is C46H93O9P. The molecule has 0 aromatic heterocycles. The van der Waals surface area contributed by atoms with Crippen LogP contribution in [0.3, 0.4) is 0 Å². The third-order valence-electron chi connectivity index (χ3n) is 12.8. The van der Waals surface area contributed by atoms with E-state index in [1.807, 2.05) is 0 Å². The molecule has 10 heteroatoms. The van der Waals surface area contributed by atoms with E-state index in [9.17, 15) is 29.9 Å².